The molecular weight excluding hydrogens is 266 g/mol. The lowest BCUT2D eigenvalue weighted by Crippen LogP contribution is -2.30. The fourth-order valence-corrected chi connectivity index (χ4v) is 2.87. The summed E-state index contributed by atoms with van der Waals surface area (Å²) in [5, 5.41) is 2.60. The van der Waals surface area contributed by atoms with Crippen LogP contribution in [-0.4, -0.2) is 0 Å². The van der Waals surface area contributed by atoms with E-state index >= 15 is 0 Å². The van der Waals surface area contributed by atoms with Crippen LogP contribution in [0, 0.1) is 0 Å². The largest absolute Gasteiger partial charge is 0.220 e. The Hall–Kier alpha value is -2.15. The van der Waals surface area contributed by atoms with Gasteiger partial charge >= 0.3 is 0 Å². The van der Waals surface area contributed by atoms with Gasteiger partial charge in [0.05, 0.1) is 10.9 Å². The van der Waals surface area contributed by atoms with Gasteiger partial charge in [0.15, 0.2) is 6.20 Å². The van der Waals surface area contributed by atoms with E-state index in [-0.39, 0.29) is 0 Å². The molecular formula is C21H26N+. The van der Waals surface area contributed by atoms with Crippen LogP contribution in [0.4, 0.5) is 0 Å². The fraction of sp³-hybridized carbons (Fsp3) is 0.286. The molecule has 3 rings (SSSR count). The van der Waals surface area contributed by atoms with Crippen LogP contribution in [0.5, 0.6) is 0 Å². The number of aryl methyl sites for hydroxylation is 1. The van der Waals surface area contributed by atoms with E-state index in [0.29, 0.717) is 5.92 Å². The number of hydrogen-bond donors (Lipinski definition) is 0. The minimum Gasteiger partial charge on any atom is -0.200 e. The van der Waals surface area contributed by atoms with Gasteiger partial charge in [0, 0.05) is 6.07 Å². The Morgan fingerprint density at radius 1 is 0.818 bits per heavy atom. The van der Waals surface area contributed by atoms with E-state index in [0.717, 1.165) is 0 Å². The molecule has 1 aromatic heterocycles. The molecule has 0 spiro atoms. The number of fused-ring (bicyclic) bond motifs is 1. The molecule has 114 valence electrons. The zero-order valence-corrected chi connectivity index (χ0v) is 14.3. The van der Waals surface area contributed by atoms with E-state index in [4.69, 9.17) is 0 Å². The summed E-state index contributed by atoms with van der Waals surface area (Å²) in [6.07, 6.45) is 2.15. The molecule has 0 amide bonds. The standard InChI is InChI=1S/C19H20N.C2H6/c1-14(2)16-9-6-7-11-18(16)19-17-10-5-4-8-15(17)12-13-20(19)3;1-2/h4-14H,1-3H3;1-2H3/q+1;. The maximum atomic E-state index is 2.25. The second-order valence-corrected chi connectivity index (χ2v) is 5.60. The van der Waals surface area contributed by atoms with Gasteiger partial charge in [0.2, 0.25) is 5.69 Å². The van der Waals surface area contributed by atoms with Gasteiger partial charge in [-0.1, -0.05) is 64.1 Å². The van der Waals surface area contributed by atoms with Crippen molar-refractivity contribution in [2.45, 2.75) is 33.6 Å². The minimum atomic E-state index is 0.519. The van der Waals surface area contributed by atoms with Crippen molar-refractivity contribution in [1.29, 1.82) is 0 Å². The zero-order valence-electron chi connectivity index (χ0n) is 14.3. The summed E-state index contributed by atoms with van der Waals surface area (Å²) >= 11 is 0. The third-order valence-electron chi connectivity index (χ3n) is 3.88. The van der Waals surface area contributed by atoms with Crippen molar-refractivity contribution in [3.05, 3.63) is 66.4 Å². The minimum absolute atomic E-state index is 0.519. The van der Waals surface area contributed by atoms with Crippen molar-refractivity contribution < 1.29 is 4.57 Å². The number of rotatable bonds is 2. The SMILES string of the molecule is CC.CC(C)c1ccccc1-c1c2ccccc2cc[n+]1C. The summed E-state index contributed by atoms with van der Waals surface area (Å²) in [5.41, 5.74) is 4.04. The lowest BCUT2D eigenvalue weighted by atomic mass is 9.93. The number of aromatic nitrogens is 1. The maximum absolute atomic E-state index is 2.25. The molecule has 22 heavy (non-hydrogen) atoms. The first-order chi connectivity index (χ1) is 10.7. The summed E-state index contributed by atoms with van der Waals surface area (Å²) in [6.45, 7) is 8.51. The topological polar surface area (TPSA) is 3.88 Å². The van der Waals surface area contributed by atoms with Crippen LogP contribution in [0.15, 0.2) is 60.8 Å². The molecule has 0 saturated heterocycles. The summed E-state index contributed by atoms with van der Waals surface area (Å²) in [6, 6.07) is 19.5. The van der Waals surface area contributed by atoms with Crippen LogP contribution in [0.2, 0.25) is 0 Å². The van der Waals surface area contributed by atoms with Gasteiger partial charge in [0.25, 0.3) is 0 Å². The summed E-state index contributed by atoms with van der Waals surface area (Å²) in [4.78, 5) is 0. The van der Waals surface area contributed by atoms with Crippen LogP contribution in [0.25, 0.3) is 22.0 Å². The molecule has 0 radical (unpaired) electrons. The zero-order chi connectivity index (χ0) is 16.1. The predicted octanol–water partition coefficient (Wildman–Crippen LogP) is 5.48. The second kappa shape index (κ2) is 7.22. The van der Waals surface area contributed by atoms with Gasteiger partial charge in [-0.05, 0) is 29.0 Å². The average Bonchev–Trinajstić information content (AvgIpc) is 2.56. The third-order valence-corrected chi connectivity index (χ3v) is 3.88. The molecule has 2 aromatic carbocycles. The Labute approximate surface area is 134 Å². The summed E-state index contributed by atoms with van der Waals surface area (Å²) in [7, 11) is 2.12. The number of hydrogen-bond acceptors (Lipinski definition) is 0. The number of benzene rings is 2. The van der Waals surface area contributed by atoms with Crippen LogP contribution in [0.3, 0.4) is 0 Å². The highest BCUT2D eigenvalue weighted by molar-refractivity contribution is 5.93. The Bertz CT molecular complexity index is 757. The Kier molecular flexibility index (Phi) is 5.32. The first-order valence-electron chi connectivity index (χ1n) is 8.15. The predicted molar refractivity (Wildman–Crippen MR) is 96.0 cm³/mol. The molecule has 0 unspecified atom stereocenters. The van der Waals surface area contributed by atoms with Crippen molar-refractivity contribution >= 4 is 10.8 Å². The van der Waals surface area contributed by atoms with E-state index < -0.39 is 0 Å². The first-order valence-corrected chi connectivity index (χ1v) is 8.15. The molecule has 1 heterocycles. The highest BCUT2D eigenvalue weighted by atomic mass is 14.9. The maximum Gasteiger partial charge on any atom is 0.220 e. The van der Waals surface area contributed by atoms with Crippen LogP contribution in [-0.2, 0) is 7.05 Å². The van der Waals surface area contributed by atoms with E-state index in [1.807, 2.05) is 13.8 Å². The Morgan fingerprint density at radius 2 is 1.45 bits per heavy atom. The molecule has 0 aliphatic heterocycles. The van der Waals surface area contributed by atoms with E-state index in [1.54, 1.807) is 0 Å². The highest BCUT2D eigenvalue weighted by Gasteiger charge is 2.18. The molecule has 3 aromatic rings. The Morgan fingerprint density at radius 3 is 2.18 bits per heavy atom. The lowest BCUT2D eigenvalue weighted by molar-refractivity contribution is -0.659. The first kappa shape index (κ1) is 16.2. The van der Waals surface area contributed by atoms with Crippen LogP contribution >= 0.6 is 0 Å². The molecule has 0 N–H and O–H groups in total. The monoisotopic (exact) mass is 292 g/mol. The second-order valence-electron chi connectivity index (χ2n) is 5.60. The molecule has 1 nitrogen and oxygen atoms in total. The molecule has 0 aliphatic carbocycles. The smallest absolute Gasteiger partial charge is 0.200 e. The van der Waals surface area contributed by atoms with E-state index in [2.05, 4.69) is 86.3 Å². The van der Waals surface area contributed by atoms with Crippen LogP contribution < -0.4 is 4.57 Å². The number of nitrogens with zero attached hydrogens (tertiary/aromatic N) is 1. The van der Waals surface area contributed by atoms with Crippen molar-refractivity contribution in [2.24, 2.45) is 7.05 Å². The van der Waals surface area contributed by atoms with E-state index in [9.17, 15) is 0 Å². The Balaban J connectivity index is 0.000000847. The molecule has 0 saturated carbocycles. The van der Waals surface area contributed by atoms with Crippen LogP contribution in [0.1, 0.15) is 39.2 Å². The quantitative estimate of drug-likeness (QED) is 0.551. The van der Waals surface area contributed by atoms with Crippen molar-refractivity contribution in [2.75, 3.05) is 0 Å². The normalized spacial score (nSPS) is 10.5. The van der Waals surface area contributed by atoms with Gasteiger partial charge in [-0.15, -0.1) is 0 Å². The van der Waals surface area contributed by atoms with Gasteiger partial charge in [-0.3, -0.25) is 0 Å². The number of pyridine rings is 1. The molecule has 0 fully saturated rings. The van der Waals surface area contributed by atoms with Gasteiger partial charge in [0.1, 0.15) is 7.05 Å². The van der Waals surface area contributed by atoms with Crippen molar-refractivity contribution in [3.8, 4) is 11.3 Å². The third kappa shape index (κ3) is 3.04. The fourth-order valence-electron chi connectivity index (χ4n) is 2.87. The molecule has 1 heteroatoms. The van der Waals surface area contributed by atoms with Gasteiger partial charge in [-0.25, -0.2) is 4.57 Å². The molecule has 0 aliphatic rings. The summed E-state index contributed by atoms with van der Waals surface area (Å²) in [5.74, 6) is 0.519. The summed E-state index contributed by atoms with van der Waals surface area (Å²) < 4.78 is 2.23. The average molecular weight is 292 g/mol. The van der Waals surface area contributed by atoms with Crippen molar-refractivity contribution in [3.63, 3.8) is 0 Å². The van der Waals surface area contributed by atoms with Crippen molar-refractivity contribution in [1.82, 2.24) is 0 Å². The molecule has 0 atom stereocenters. The van der Waals surface area contributed by atoms with Gasteiger partial charge < -0.3 is 0 Å². The lowest BCUT2D eigenvalue weighted by Gasteiger charge is -2.12. The van der Waals surface area contributed by atoms with E-state index in [1.165, 1.54) is 27.6 Å². The highest BCUT2D eigenvalue weighted by Crippen LogP contribution is 2.31. The van der Waals surface area contributed by atoms with Gasteiger partial charge in [-0.2, -0.15) is 0 Å². The molecule has 0 bridgehead atoms.